The molecule has 0 bridgehead atoms. The standard InChI is InChI=1S/C36H45FN2O8/c1-20(2)24-10-9-21(3)13-29(24)46-19-31(42)39(17-23-7-5-6-8-27(23)37)28-16-26(36(44)38-11-12-40)32-25-14-22(18-41)15-30(45-4)34(25)47-35(32)33(28)43/h5-8,14-16,18,20-21,24,28-29,32-33,35,40,43H,9-13,17,19H2,1-4H3,(H,38,44)/t21-,24+,28+,29-,32-,33-,35-/m0/s1. The van der Waals surface area contributed by atoms with E-state index in [2.05, 4.69) is 26.1 Å². The quantitative estimate of drug-likeness (QED) is 0.295. The minimum absolute atomic E-state index is 0.0330. The highest BCUT2D eigenvalue weighted by atomic mass is 19.1. The first kappa shape index (κ1) is 34.5. The van der Waals surface area contributed by atoms with Crippen LogP contribution < -0.4 is 14.8 Å². The fourth-order valence-corrected chi connectivity index (χ4v) is 7.30. The number of carbonyl (C=O) groups is 3. The van der Waals surface area contributed by atoms with Gasteiger partial charge < -0.3 is 34.6 Å². The van der Waals surface area contributed by atoms with Crippen LogP contribution in [0.1, 0.15) is 67.4 Å². The van der Waals surface area contributed by atoms with Gasteiger partial charge in [0.1, 0.15) is 30.9 Å². The first-order valence-electron chi connectivity index (χ1n) is 16.3. The van der Waals surface area contributed by atoms with Gasteiger partial charge in [0.2, 0.25) is 11.8 Å². The van der Waals surface area contributed by atoms with Crippen molar-refractivity contribution in [1.82, 2.24) is 10.2 Å². The van der Waals surface area contributed by atoms with Crippen LogP contribution in [-0.2, 0) is 20.9 Å². The molecular formula is C36H45FN2O8. The van der Waals surface area contributed by atoms with E-state index in [0.29, 0.717) is 35.2 Å². The van der Waals surface area contributed by atoms with Gasteiger partial charge in [-0.2, -0.15) is 0 Å². The maximum absolute atomic E-state index is 15.0. The Morgan fingerprint density at radius 3 is 2.66 bits per heavy atom. The molecule has 0 radical (unpaired) electrons. The van der Waals surface area contributed by atoms with Crippen LogP contribution in [0.5, 0.6) is 11.5 Å². The number of aliphatic hydroxyl groups is 2. The largest absolute Gasteiger partial charge is 0.493 e. The first-order valence-corrected chi connectivity index (χ1v) is 16.3. The van der Waals surface area contributed by atoms with Crippen molar-refractivity contribution < 1.29 is 43.2 Å². The van der Waals surface area contributed by atoms with Crippen molar-refractivity contribution in [2.24, 2.45) is 17.8 Å². The lowest BCUT2D eigenvalue weighted by molar-refractivity contribution is -0.148. The van der Waals surface area contributed by atoms with Crippen molar-refractivity contribution in [2.45, 2.75) is 76.9 Å². The van der Waals surface area contributed by atoms with Gasteiger partial charge >= 0.3 is 0 Å². The number of ether oxygens (including phenoxy) is 3. The van der Waals surface area contributed by atoms with Gasteiger partial charge in [-0.15, -0.1) is 0 Å². The number of aldehydes is 1. The van der Waals surface area contributed by atoms with E-state index in [9.17, 15) is 24.6 Å². The lowest BCUT2D eigenvalue weighted by Crippen LogP contribution is -2.56. The average Bonchev–Trinajstić information content (AvgIpc) is 3.45. The number of rotatable bonds is 12. The Balaban J connectivity index is 1.54. The third-order valence-corrected chi connectivity index (χ3v) is 9.77. The number of aliphatic hydroxyl groups excluding tert-OH is 2. The number of methoxy groups -OCH3 is 1. The summed E-state index contributed by atoms with van der Waals surface area (Å²) >= 11 is 0. The van der Waals surface area contributed by atoms with Gasteiger partial charge in [-0.05, 0) is 54.9 Å². The number of carbonyl (C=O) groups excluding carboxylic acids is 3. The van der Waals surface area contributed by atoms with E-state index in [0.717, 1.165) is 19.3 Å². The molecule has 254 valence electrons. The van der Waals surface area contributed by atoms with Crippen LogP contribution in [0, 0.1) is 23.6 Å². The van der Waals surface area contributed by atoms with Crippen LogP contribution in [0.2, 0.25) is 0 Å². The third-order valence-electron chi connectivity index (χ3n) is 9.77. The molecule has 2 aliphatic carbocycles. The Morgan fingerprint density at radius 1 is 1.21 bits per heavy atom. The second kappa shape index (κ2) is 15.0. The summed E-state index contributed by atoms with van der Waals surface area (Å²) in [5.41, 5.74) is 1.17. The molecule has 11 heteroatoms. The maximum atomic E-state index is 15.0. The van der Waals surface area contributed by atoms with E-state index in [4.69, 9.17) is 14.2 Å². The molecule has 1 saturated carbocycles. The molecule has 3 aliphatic rings. The fraction of sp³-hybridized carbons (Fsp3) is 0.528. The van der Waals surface area contributed by atoms with Gasteiger partial charge in [0.05, 0.1) is 31.8 Å². The Hall–Kier alpha value is -3.80. The molecule has 0 aromatic heterocycles. The average molecular weight is 653 g/mol. The Labute approximate surface area is 274 Å². The van der Waals surface area contributed by atoms with Gasteiger partial charge in [0, 0.05) is 35.4 Å². The first-order chi connectivity index (χ1) is 22.6. The molecule has 2 aromatic rings. The molecule has 2 aromatic carbocycles. The van der Waals surface area contributed by atoms with Crippen LogP contribution >= 0.6 is 0 Å². The summed E-state index contributed by atoms with van der Waals surface area (Å²) in [5.74, 6) is -0.701. The van der Waals surface area contributed by atoms with E-state index in [1.807, 2.05) is 0 Å². The lowest BCUT2D eigenvalue weighted by Gasteiger charge is -2.41. The third kappa shape index (κ3) is 7.22. The topological polar surface area (TPSA) is 135 Å². The lowest BCUT2D eigenvalue weighted by atomic mass is 9.75. The van der Waals surface area contributed by atoms with Gasteiger partial charge in [-0.1, -0.05) is 45.4 Å². The SMILES string of the molecule is COc1cc(C=O)cc2c1O[C@@H]1[C@@H](O)[C@H](N(Cc3ccccc3F)C(=O)CO[C@H]3C[C@@H](C)CC[C@@H]3C(C)C)C=C(C(=O)NCCO)[C@H]21. The van der Waals surface area contributed by atoms with Crippen LogP contribution in [0.25, 0.3) is 0 Å². The van der Waals surface area contributed by atoms with Crippen LogP contribution in [0.15, 0.2) is 48.0 Å². The normalized spacial score (nSPS) is 26.5. The minimum atomic E-state index is -1.36. The van der Waals surface area contributed by atoms with E-state index in [1.165, 1.54) is 30.2 Å². The van der Waals surface area contributed by atoms with Crippen LogP contribution in [-0.4, -0.2) is 84.4 Å². The predicted molar refractivity (Wildman–Crippen MR) is 172 cm³/mol. The molecule has 0 saturated heterocycles. The number of hydrogen-bond acceptors (Lipinski definition) is 8. The summed E-state index contributed by atoms with van der Waals surface area (Å²) in [4.78, 5) is 40.9. The number of fused-ring (bicyclic) bond motifs is 3. The summed E-state index contributed by atoms with van der Waals surface area (Å²) in [6.45, 7) is 5.66. The highest BCUT2D eigenvalue weighted by Gasteiger charge is 2.51. The van der Waals surface area contributed by atoms with E-state index in [-0.39, 0.29) is 55.0 Å². The predicted octanol–water partition coefficient (Wildman–Crippen LogP) is 3.78. The summed E-state index contributed by atoms with van der Waals surface area (Å²) < 4.78 is 33.1. The minimum Gasteiger partial charge on any atom is -0.493 e. The molecule has 5 rings (SSSR count). The highest BCUT2D eigenvalue weighted by Crippen LogP contribution is 2.51. The molecule has 0 spiro atoms. The molecule has 1 aliphatic heterocycles. The zero-order valence-corrected chi connectivity index (χ0v) is 27.4. The van der Waals surface area contributed by atoms with Gasteiger partial charge in [-0.3, -0.25) is 14.4 Å². The monoisotopic (exact) mass is 652 g/mol. The van der Waals surface area contributed by atoms with Gasteiger partial charge in [0.15, 0.2) is 11.5 Å². The molecular weight excluding hydrogens is 607 g/mol. The van der Waals surface area contributed by atoms with E-state index in [1.54, 1.807) is 24.3 Å². The van der Waals surface area contributed by atoms with E-state index >= 15 is 4.39 Å². The molecule has 1 heterocycles. The Kier molecular flexibility index (Phi) is 11.0. The maximum Gasteiger partial charge on any atom is 0.249 e. The summed E-state index contributed by atoms with van der Waals surface area (Å²) in [7, 11) is 1.42. The van der Waals surface area contributed by atoms with Gasteiger partial charge in [-0.25, -0.2) is 4.39 Å². The number of nitrogens with one attached hydrogen (secondary N) is 1. The molecule has 3 N–H and O–H groups in total. The number of benzene rings is 2. The molecule has 7 atom stereocenters. The Bertz CT molecular complexity index is 1500. The van der Waals surface area contributed by atoms with Crippen molar-refractivity contribution in [3.8, 4) is 11.5 Å². The van der Waals surface area contributed by atoms with Crippen molar-refractivity contribution in [1.29, 1.82) is 0 Å². The highest BCUT2D eigenvalue weighted by molar-refractivity contribution is 5.96. The summed E-state index contributed by atoms with van der Waals surface area (Å²) in [5, 5.41) is 24.0. The summed E-state index contributed by atoms with van der Waals surface area (Å²) in [6, 6.07) is 8.07. The van der Waals surface area contributed by atoms with Crippen molar-refractivity contribution in [3.05, 3.63) is 70.6 Å². The molecule has 10 nitrogen and oxygen atoms in total. The zero-order valence-electron chi connectivity index (χ0n) is 27.4. The van der Waals surface area contributed by atoms with E-state index < -0.39 is 41.8 Å². The number of nitrogens with zero attached hydrogens (tertiary/aromatic N) is 1. The second-order valence-electron chi connectivity index (χ2n) is 13.2. The fourth-order valence-electron chi connectivity index (χ4n) is 7.30. The van der Waals surface area contributed by atoms with Crippen LogP contribution in [0.3, 0.4) is 0 Å². The van der Waals surface area contributed by atoms with Crippen molar-refractivity contribution in [3.63, 3.8) is 0 Å². The number of amides is 2. The Morgan fingerprint density at radius 2 is 1.98 bits per heavy atom. The molecule has 1 fully saturated rings. The van der Waals surface area contributed by atoms with Crippen molar-refractivity contribution in [2.75, 3.05) is 26.9 Å². The molecule has 2 amide bonds. The summed E-state index contributed by atoms with van der Waals surface area (Å²) in [6.07, 6.45) is 2.55. The second-order valence-corrected chi connectivity index (χ2v) is 13.2. The molecule has 0 unspecified atom stereocenters. The number of halogens is 1. The van der Waals surface area contributed by atoms with Crippen LogP contribution in [0.4, 0.5) is 4.39 Å². The molecule has 47 heavy (non-hydrogen) atoms. The number of hydrogen-bond donors (Lipinski definition) is 3. The smallest absolute Gasteiger partial charge is 0.249 e. The van der Waals surface area contributed by atoms with Crippen molar-refractivity contribution >= 4 is 18.1 Å². The van der Waals surface area contributed by atoms with Gasteiger partial charge in [0.25, 0.3) is 0 Å². The zero-order chi connectivity index (χ0) is 33.8.